The molecule has 0 radical (unpaired) electrons. The van der Waals surface area contributed by atoms with Crippen LogP contribution in [0.5, 0.6) is 0 Å². The van der Waals surface area contributed by atoms with Crippen molar-refractivity contribution in [3.8, 4) is 0 Å². The first kappa shape index (κ1) is 13.8. The van der Waals surface area contributed by atoms with E-state index in [0.717, 1.165) is 10.0 Å². The molecule has 1 aromatic heterocycles. The Balaban J connectivity index is 1.95. The molecule has 2 rings (SSSR count). The number of halogens is 1. The number of nitrogens with two attached hydrogens (primary N) is 1. The molecule has 0 bridgehead atoms. The summed E-state index contributed by atoms with van der Waals surface area (Å²) in [6, 6.07) is 7.76. The van der Waals surface area contributed by atoms with E-state index in [1.807, 2.05) is 24.3 Å². The van der Waals surface area contributed by atoms with Gasteiger partial charge in [-0.25, -0.2) is 4.98 Å². The molecule has 0 aliphatic heterocycles. The third-order valence-corrected chi connectivity index (χ3v) is 3.42. The molecule has 6 heteroatoms. The number of carbonyl (C=O) groups excluding carboxylic acids is 1. The highest BCUT2D eigenvalue weighted by Crippen LogP contribution is 2.15. The van der Waals surface area contributed by atoms with Crippen molar-refractivity contribution in [2.45, 2.75) is 13.1 Å². The second-order valence-electron chi connectivity index (χ2n) is 4.06. The molecule has 0 saturated heterocycles. The summed E-state index contributed by atoms with van der Waals surface area (Å²) in [6.45, 7) is 1.64. The van der Waals surface area contributed by atoms with Crippen molar-refractivity contribution in [1.29, 1.82) is 0 Å². The topological polar surface area (TPSA) is 72.9 Å². The van der Waals surface area contributed by atoms with Crippen molar-refractivity contribution in [3.63, 3.8) is 0 Å². The van der Waals surface area contributed by atoms with Crippen LogP contribution < -0.4 is 11.1 Å². The van der Waals surface area contributed by atoms with Crippen LogP contribution >= 0.6 is 15.9 Å². The molecule has 5 nitrogen and oxygen atoms in total. The number of hydrogen-bond donors (Lipinski definition) is 2. The van der Waals surface area contributed by atoms with Crippen LogP contribution in [0.1, 0.15) is 16.1 Å². The molecule has 3 N–H and O–H groups in total. The fourth-order valence-electron chi connectivity index (χ4n) is 1.66. The third-order valence-electron chi connectivity index (χ3n) is 2.65. The van der Waals surface area contributed by atoms with Crippen LogP contribution in [0.4, 0.5) is 0 Å². The fraction of sp³-hybridized carbons (Fsp3) is 0.231. The van der Waals surface area contributed by atoms with Gasteiger partial charge in [-0.2, -0.15) is 0 Å². The predicted octanol–water partition coefficient (Wildman–Crippen LogP) is 1.53. The van der Waals surface area contributed by atoms with Crippen LogP contribution in [0.3, 0.4) is 0 Å². The Kier molecular flexibility index (Phi) is 4.70. The molecule has 1 aromatic carbocycles. The molecule has 2 aromatic rings. The lowest BCUT2D eigenvalue weighted by Gasteiger charge is -2.05. The number of carbonyl (C=O) groups is 1. The molecule has 0 atom stereocenters. The van der Waals surface area contributed by atoms with Crippen LogP contribution in [0, 0.1) is 0 Å². The number of rotatable bonds is 5. The van der Waals surface area contributed by atoms with Crippen molar-refractivity contribution < 1.29 is 4.79 Å². The van der Waals surface area contributed by atoms with E-state index in [1.54, 1.807) is 17.1 Å². The minimum absolute atomic E-state index is 0.188. The second kappa shape index (κ2) is 6.49. The number of nitrogens with one attached hydrogen (secondary N) is 1. The van der Waals surface area contributed by atoms with Gasteiger partial charge in [0, 0.05) is 30.3 Å². The monoisotopic (exact) mass is 322 g/mol. The summed E-state index contributed by atoms with van der Waals surface area (Å²) in [5.41, 5.74) is 6.87. The van der Waals surface area contributed by atoms with Gasteiger partial charge in [-0.1, -0.05) is 34.1 Å². The molecule has 0 saturated carbocycles. The lowest BCUT2D eigenvalue weighted by Crippen LogP contribution is -2.23. The van der Waals surface area contributed by atoms with Crippen LogP contribution in [-0.4, -0.2) is 22.0 Å². The predicted molar refractivity (Wildman–Crippen MR) is 76.6 cm³/mol. The Morgan fingerprint density at radius 1 is 1.42 bits per heavy atom. The van der Waals surface area contributed by atoms with Gasteiger partial charge in [0.25, 0.3) is 5.91 Å². The Morgan fingerprint density at radius 3 is 2.95 bits per heavy atom. The molecule has 0 aliphatic carbocycles. The summed E-state index contributed by atoms with van der Waals surface area (Å²) >= 11 is 3.44. The third kappa shape index (κ3) is 3.65. The van der Waals surface area contributed by atoms with Crippen LogP contribution in [-0.2, 0) is 13.1 Å². The van der Waals surface area contributed by atoms with E-state index in [9.17, 15) is 4.79 Å². The molecule has 1 heterocycles. The van der Waals surface area contributed by atoms with E-state index in [1.165, 1.54) is 0 Å². The zero-order chi connectivity index (χ0) is 13.7. The molecule has 0 aliphatic rings. The smallest absolute Gasteiger partial charge is 0.271 e. The number of nitrogens with zero attached hydrogens (tertiary/aromatic N) is 2. The highest BCUT2D eigenvalue weighted by atomic mass is 79.9. The van der Waals surface area contributed by atoms with Gasteiger partial charge in [-0.3, -0.25) is 4.79 Å². The van der Waals surface area contributed by atoms with Crippen LogP contribution in [0.15, 0.2) is 41.3 Å². The maximum atomic E-state index is 11.9. The molecule has 0 spiro atoms. The minimum atomic E-state index is -0.188. The Labute approximate surface area is 120 Å². The van der Waals surface area contributed by atoms with E-state index in [-0.39, 0.29) is 5.91 Å². The van der Waals surface area contributed by atoms with Crippen molar-refractivity contribution >= 4 is 21.8 Å². The summed E-state index contributed by atoms with van der Waals surface area (Å²) < 4.78 is 2.77. The number of imidazole rings is 1. The van der Waals surface area contributed by atoms with Gasteiger partial charge in [0.1, 0.15) is 5.69 Å². The van der Waals surface area contributed by atoms with E-state index >= 15 is 0 Å². The molecule has 0 fully saturated rings. The summed E-state index contributed by atoms with van der Waals surface area (Å²) in [4.78, 5) is 16.0. The second-order valence-corrected chi connectivity index (χ2v) is 4.91. The van der Waals surface area contributed by atoms with Crippen molar-refractivity contribution in [1.82, 2.24) is 14.9 Å². The lowest BCUT2D eigenvalue weighted by molar-refractivity contribution is 0.0946. The molecule has 19 heavy (non-hydrogen) atoms. The van der Waals surface area contributed by atoms with Crippen molar-refractivity contribution in [2.75, 3.05) is 6.54 Å². The lowest BCUT2D eigenvalue weighted by atomic mass is 10.2. The highest BCUT2D eigenvalue weighted by Gasteiger charge is 2.09. The van der Waals surface area contributed by atoms with Gasteiger partial charge in [-0.15, -0.1) is 0 Å². The Hall–Kier alpha value is -1.66. The Morgan fingerprint density at radius 2 is 2.21 bits per heavy atom. The highest BCUT2D eigenvalue weighted by molar-refractivity contribution is 9.10. The fourth-order valence-corrected chi connectivity index (χ4v) is 2.08. The first-order valence-electron chi connectivity index (χ1n) is 5.94. The summed E-state index contributed by atoms with van der Waals surface area (Å²) in [7, 11) is 0. The van der Waals surface area contributed by atoms with Crippen molar-refractivity contribution in [3.05, 3.63) is 52.5 Å². The zero-order valence-corrected chi connectivity index (χ0v) is 11.9. The van der Waals surface area contributed by atoms with E-state index in [2.05, 4.69) is 26.2 Å². The quantitative estimate of drug-likeness (QED) is 0.876. The zero-order valence-electron chi connectivity index (χ0n) is 10.3. The van der Waals surface area contributed by atoms with E-state index < -0.39 is 0 Å². The van der Waals surface area contributed by atoms with Gasteiger partial charge >= 0.3 is 0 Å². The Bertz CT molecular complexity index is 567. The minimum Gasteiger partial charge on any atom is -0.347 e. The molecule has 100 valence electrons. The summed E-state index contributed by atoms with van der Waals surface area (Å²) in [5.74, 6) is -0.188. The van der Waals surface area contributed by atoms with Gasteiger partial charge in [0.2, 0.25) is 0 Å². The molecular formula is C13H15BrN4O. The first-order chi connectivity index (χ1) is 9.20. The summed E-state index contributed by atoms with van der Waals surface area (Å²) in [5, 5.41) is 2.84. The maximum Gasteiger partial charge on any atom is 0.271 e. The van der Waals surface area contributed by atoms with Gasteiger partial charge in [-0.05, 0) is 11.6 Å². The maximum absolute atomic E-state index is 11.9. The number of hydrogen-bond acceptors (Lipinski definition) is 3. The average molecular weight is 323 g/mol. The van der Waals surface area contributed by atoms with Crippen molar-refractivity contribution in [2.24, 2.45) is 5.73 Å². The normalized spacial score (nSPS) is 10.4. The SMILES string of the molecule is NCCn1cnc(C(=O)NCc2ccccc2Br)c1. The van der Waals surface area contributed by atoms with Crippen LogP contribution in [0.2, 0.25) is 0 Å². The molecule has 1 amide bonds. The van der Waals surface area contributed by atoms with Gasteiger partial charge in [0.15, 0.2) is 0 Å². The number of benzene rings is 1. The number of amides is 1. The van der Waals surface area contributed by atoms with Gasteiger partial charge < -0.3 is 15.6 Å². The standard InChI is InChI=1S/C13H15BrN4O/c14-11-4-2-1-3-10(11)7-16-13(19)12-8-18(6-5-15)9-17-12/h1-4,8-9H,5-7,15H2,(H,16,19). The summed E-state index contributed by atoms with van der Waals surface area (Å²) in [6.07, 6.45) is 3.31. The van der Waals surface area contributed by atoms with Crippen LogP contribution in [0.25, 0.3) is 0 Å². The number of aromatic nitrogens is 2. The average Bonchev–Trinajstić information content (AvgIpc) is 2.87. The van der Waals surface area contributed by atoms with E-state index in [4.69, 9.17) is 5.73 Å². The molecular weight excluding hydrogens is 308 g/mol. The van der Waals surface area contributed by atoms with E-state index in [0.29, 0.717) is 25.3 Å². The van der Waals surface area contributed by atoms with Gasteiger partial charge in [0.05, 0.1) is 6.33 Å². The molecule has 0 unspecified atom stereocenters. The first-order valence-corrected chi connectivity index (χ1v) is 6.73. The largest absolute Gasteiger partial charge is 0.347 e.